The standard InChI is InChI=1S/C22H23N5O2/c1-29-19-7-3-2-6-18(19)22(28)25-20-10-9-17(16-24-20)26-12-14-27(15-13-26)21-8-4-5-11-23-21/h2-11,16H,12-15H2,1H3,(H,24,25,28). The second kappa shape index (κ2) is 8.60. The van der Waals surface area contributed by atoms with Crippen molar-refractivity contribution in [3.63, 3.8) is 0 Å². The number of nitrogens with zero attached hydrogens (tertiary/aromatic N) is 4. The molecule has 3 aromatic rings. The number of amides is 1. The predicted octanol–water partition coefficient (Wildman–Crippen LogP) is 3.06. The fraction of sp³-hybridized carbons (Fsp3) is 0.227. The lowest BCUT2D eigenvalue weighted by molar-refractivity contribution is 0.102. The van der Waals surface area contributed by atoms with Crippen LogP contribution in [0.4, 0.5) is 17.3 Å². The second-order valence-electron chi connectivity index (χ2n) is 6.72. The summed E-state index contributed by atoms with van der Waals surface area (Å²) < 4.78 is 5.25. The number of aromatic nitrogens is 2. The highest BCUT2D eigenvalue weighted by Crippen LogP contribution is 2.21. The van der Waals surface area contributed by atoms with E-state index in [1.807, 2.05) is 42.6 Å². The first-order chi connectivity index (χ1) is 14.2. The molecule has 7 heteroatoms. The summed E-state index contributed by atoms with van der Waals surface area (Å²) in [5, 5.41) is 2.83. The zero-order valence-electron chi connectivity index (χ0n) is 16.3. The van der Waals surface area contributed by atoms with Crippen LogP contribution < -0.4 is 19.9 Å². The summed E-state index contributed by atoms with van der Waals surface area (Å²) in [6.45, 7) is 3.60. The third-order valence-corrected chi connectivity index (χ3v) is 4.96. The van der Waals surface area contributed by atoms with E-state index in [0.717, 1.165) is 37.7 Å². The molecular weight excluding hydrogens is 366 g/mol. The summed E-state index contributed by atoms with van der Waals surface area (Å²) in [6.07, 6.45) is 3.62. The number of nitrogens with one attached hydrogen (secondary N) is 1. The molecule has 0 aliphatic carbocycles. The number of benzene rings is 1. The van der Waals surface area contributed by atoms with E-state index in [-0.39, 0.29) is 5.91 Å². The van der Waals surface area contributed by atoms with Gasteiger partial charge in [-0.25, -0.2) is 9.97 Å². The van der Waals surface area contributed by atoms with Gasteiger partial charge in [-0.1, -0.05) is 18.2 Å². The van der Waals surface area contributed by atoms with Crippen molar-refractivity contribution in [3.8, 4) is 5.75 Å². The Labute approximate surface area is 170 Å². The van der Waals surface area contributed by atoms with Gasteiger partial charge in [-0.3, -0.25) is 4.79 Å². The van der Waals surface area contributed by atoms with E-state index in [2.05, 4.69) is 25.1 Å². The minimum Gasteiger partial charge on any atom is -0.496 e. The number of hydrogen-bond donors (Lipinski definition) is 1. The molecule has 1 fully saturated rings. The molecule has 1 aromatic carbocycles. The van der Waals surface area contributed by atoms with E-state index in [0.29, 0.717) is 17.1 Å². The van der Waals surface area contributed by atoms with Gasteiger partial charge in [0.25, 0.3) is 5.91 Å². The second-order valence-corrected chi connectivity index (χ2v) is 6.72. The summed E-state index contributed by atoms with van der Waals surface area (Å²) in [4.78, 5) is 25.9. The van der Waals surface area contributed by atoms with Crippen molar-refractivity contribution >= 4 is 23.2 Å². The summed E-state index contributed by atoms with van der Waals surface area (Å²) in [7, 11) is 1.55. The number of rotatable bonds is 5. The molecule has 3 heterocycles. The molecule has 29 heavy (non-hydrogen) atoms. The van der Waals surface area contributed by atoms with Gasteiger partial charge in [0, 0.05) is 32.4 Å². The van der Waals surface area contributed by atoms with Crippen molar-refractivity contribution in [2.24, 2.45) is 0 Å². The molecule has 1 aliphatic heterocycles. The number of piperazine rings is 1. The monoisotopic (exact) mass is 389 g/mol. The largest absolute Gasteiger partial charge is 0.496 e. The molecule has 0 unspecified atom stereocenters. The van der Waals surface area contributed by atoms with E-state index in [1.165, 1.54) is 0 Å². The Morgan fingerprint density at radius 2 is 1.69 bits per heavy atom. The molecule has 7 nitrogen and oxygen atoms in total. The Hall–Kier alpha value is -3.61. The Balaban J connectivity index is 1.37. The van der Waals surface area contributed by atoms with Crippen molar-refractivity contribution in [2.75, 3.05) is 48.4 Å². The minimum atomic E-state index is -0.244. The van der Waals surface area contributed by atoms with E-state index in [4.69, 9.17) is 4.74 Å². The molecule has 1 saturated heterocycles. The zero-order valence-corrected chi connectivity index (χ0v) is 16.3. The molecule has 0 radical (unpaired) electrons. The summed E-state index contributed by atoms with van der Waals surface area (Å²) >= 11 is 0. The third-order valence-electron chi connectivity index (χ3n) is 4.96. The van der Waals surface area contributed by atoms with Gasteiger partial charge in [-0.2, -0.15) is 0 Å². The molecule has 0 bridgehead atoms. The number of carbonyl (C=O) groups excluding carboxylic acids is 1. The molecule has 1 amide bonds. The molecule has 0 spiro atoms. The third kappa shape index (κ3) is 4.29. The first kappa shape index (κ1) is 18.7. The van der Waals surface area contributed by atoms with Gasteiger partial charge in [-0.15, -0.1) is 0 Å². The van der Waals surface area contributed by atoms with E-state index in [9.17, 15) is 4.79 Å². The highest BCUT2D eigenvalue weighted by molar-refractivity contribution is 6.05. The Morgan fingerprint density at radius 1 is 0.931 bits per heavy atom. The van der Waals surface area contributed by atoms with Gasteiger partial charge in [0.15, 0.2) is 0 Å². The van der Waals surface area contributed by atoms with Crippen LogP contribution in [0.3, 0.4) is 0 Å². The number of anilines is 3. The molecule has 148 valence electrons. The number of methoxy groups -OCH3 is 1. The average molecular weight is 389 g/mol. The maximum atomic E-state index is 12.5. The molecule has 4 rings (SSSR count). The topological polar surface area (TPSA) is 70.6 Å². The Morgan fingerprint density at radius 3 is 2.38 bits per heavy atom. The molecule has 1 aliphatic rings. The van der Waals surface area contributed by atoms with Gasteiger partial charge in [0.2, 0.25) is 0 Å². The summed E-state index contributed by atoms with van der Waals surface area (Å²) in [5.74, 6) is 1.82. The SMILES string of the molecule is COc1ccccc1C(=O)Nc1ccc(N2CCN(c3ccccn3)CC2)cn1. The van der Waals surface area contributed by atoms with Crippen LogP contribution in [-0.4, -0.2) is 49.2 Å². The Kier molecular flexibility index (Phi) is 5.56. The Bertz CT molecular complexity index is 954. The lowest BCUT2D eigenvalue weighted by Crippen LogP contribution is -2.46. The first-order valence-corrected chi connectivity index (χ1v) is 9.56. The molecule has 0 saturated carbocycles. The van der Waals surface area contributed by atoms with Crippen LogP contribution in [0.15, 0.2) is 67.0 Å². The van der Waals surface area contributed by atoms with Crippen molar-refractivity contribution < 1.29 is 9.53 Å². The lowest BCUT2D eigenvalue weighted by Gasteiger charge is -2.36. The van der Waals surface area contributed by atoms with Crippen LogP contribution >= 0.6 is 0 Å². The lowest BCUT2D eigenvalue weighted by atomic mass is 10.2. The number of para-hydroxylation sites is 1. The van der Waals surface area contributed by atoms with Crippen LogP contribution in [-0.2, 0) is 0 Å². The van der Waals surface area contributed by atoms with Crippen molar-refractivity contribution in [3.05, 3.63) is 72.6 Å². The first-order valence-electron chi connectivity index (χ1n) is 9.56. The zero-order chi connectivity index (χ0) is 20.1. The molecule has 2 aromatic heterocycles. The quantitative estimate of drug-likeness (QED) is 0.723. The molecule has 0 atom stereocenters. The maximum Gasteiger partial charge on any atom is 0.260 e. The van der Waals surface area contributed by atoms with Crippen LogP contribution in [0.1, 0.15) is 10.4 Å². The van der Waals surface area contributed by atoms with Gasteiger partial charge in [-0.05, 0) is 36.4 Å². The maximum absolute atomic E-state index is 12.5. The highest BCUT2D eigenvalue weighted by atomic mass is 16.5. The minimum absolute atomic E-state index is 0.244. The van der Waals surface area contributed by atoms with Crippen molar-refractivity contribution in [1.29, 1.82) is 0 Å². The molecular formula is C22H23N5O2. The number of carbonyl (C=O) groups is 1. The van der Waals surface area contributed by atoms with Crippen molar-refractivity contribution in [1.82, 2.24) is 9.97 Å². The van der Waals surface area contributed by atoms with Crippen LogP contribution in [0.25, 0.3) is 0 Å². The van der Waals surface area contributed by atoms with Gasteiger partial charge < -0.3 is 19.9 Å². The fourth-order valence-corrected chi connectivity index (χ4v) is 3.40. The number of pyridine rings is 2. The fourth-order valence-electron chi connectivity index (χ4n) is 3.40. The van der Waals surface area contributed by atoms with Gasteiger partial charge in [0.1, 0.15) is 17.4 Å². The molecule has 1 N–H and O–H groups in total. The van der Waals surface area contributed by atoms with E-state index in [1.54, 1.807) is 31.5 Å². The highest BCUT2D eigenvalue weighted by Gasteiger charge is 2.18. The predicted molar refractivity (Wildman–Crippen MR) is 114 cm³/mol. The average Bonchev–Trinajstić information content (AvgIpc) is 2.80. The number of hydrogen-bond acceptors (Lipinski definition) is 6. The number of ether oxygens (including phenoxy) is 1. The van der Waals surface area contributed by atoms with Gasteiger partial charge in [0.05, 0.1) is 24.6 Å². The van der Waals surface area contributed by atoms with Crippen LogP contribution in [0.5, 0.6) is 5.75 Å². The smallest absolute Gasteiger partial charge is 0.260 e. The van der Waals surface area contributed by atoms with Crippen molar-refractivity contribution in [2.45, 2.75) is 0 Å². The van der Waals surface area contributed by atoms with Crippen LogP contribution in [0.2, 0.25) is 0 Å². The van der Waals surface area contributed by atoms with E-state index >= 15 is 0 Å². The van der Waals surface area contributed by atoms with E-state index < -0.39 is 0 Å². The van der Waals surface area contributed by atoms with Crippen LogP contribution in [0, 0.1) is 0 Å². The van der Waals surface area contributed by atoms with Gasteiger partial charge >= 0.3 is 0 Å². The summed E-state index contributed by atoms with van der Waals surface area (Å²) in [5.41, 5.74) is 1.52. The normalized spacial score (nSPS) is 13.8. The summed E-state index contributed by atoms with van der Waals surface area (Å²) in [6, 6.07) is 16.9.